The van der Waals surface area contributed by atoms with Crippen molar-refractivity contribution in [1.29, 1.82) is 0 Å². The van der Waals surface area contributed by atoms with Crippen molar-refractivity contribution in [2.45, 2.75) is 13.8 Å². The third-order valence-corrected chi connectivity index (χ3v) is 5.11. The van der Waals surface area contributed by atoms with Gasteiger partial charge in [-0.25, -0.2) is 0 Å². The predicted molar refractivity (Wildman–Crippen MR) is 90.7 cm³/mol. The van der Waals surface area contributed by atoms with E-state index in [0.29, 0.717) is 9.90 Å². The van der Waals surface area contributed by atoms with Gasteiger partial charge in [-0.2, -0.15) is 0 Å². The highest BCUT2D eigenvalue weighted by atomic mass is 35.5. The molecule has 0 saturated carbocycles. The van der Waals surface area contributed by atoms with Gasteiger partial charge in [-0.15, -0.1) is 11.3 Å². The van der Waals surface area contributed by atoms with E-state index in [2.05, 4.69) is 5.32 Å². The molecule has 0 atom stereocenters. The number of nitrogens with one attached hydrogen (secondary N) is 1. The minimum absolute atomic E-state index is 0.157. The number of amides is 1. The predicted octanol–water partition coefficient (Wildman–Crippen LogP) is 5.42. The monoisotopic (exact) mass is 315 g/mol. The first-order valence-electron chi connectivity index (χ1n) is 6.62. The molecular weight excluding hydrogens is 302 g/mol. The van der Waals surface area contributed by atoms with E-state index >= 15 is 0 Å². The Morgan fingerprint density at radius 3 is 2.48 bits per heavy atom. The quantitative estimate of drug-likeness (QED) is 0.671. The molecule has 0 spiro atoms. The SMILES string of the molecule is Cc1ccccc1NC(=O)c1sc2cccc(C)c2c1Cl. The maximum atomic E-state index is 12.5. The number of halogens is 1. The minimum atomic E-state index is -0.157. The van der Waals surface area contributed by atoms with E-state index in [1.807, 2.05) is 56.3 Å². The number of rotatable bonds is 2. The second-order valence-electron chi connectivity index (χ2n) is 4.96. The van der Waals surface area contributed by atoms with Crippen LogP contribution in [-0.4, -0.2) is 5.91 Å². The van der Waals surface area contributed by atoms with Gasteiger partial charge in [0, 0.05) is 15.8 Å². The number of hydrogen-bond acceptors (Lipinski definition) is 2. The summed E-state index contributed by atoms with van der Waals surface area (Å²) >= 11 is 7.84. The molecule has 4 heteroatoms. The van der Waals surface area contributed by atoms with Crippen LogP contribution >= 0.6 is 22.9 Å². The fraction of sp³-hybridized carbons (Fsp3) is 0.118. The van der Waals surface area contributed by atoms with E-state index in [4.69, 9.17) is 11.6 Å². The van der Waals surface area contributed by atoms with Crippen LogP contribution in [0.15, 0.2) is 42.5 Å². The highest BCUT2D eigenvalue weighted by Gasteiger charge is 2.18. The van der Waals surface area contributed by atoms with Crippen molar-refractivity contribution < 1.29 is 4.79 Å². The van der Waals surface area contributed by atoms with E-state index in [-0.39, 0.29) is 5.91 Å². The van der Waals surface area contributed by atoms with Crippen LogP contribution < -0.4 is 5.32 Å². The van der Waals surface area contributed by atoms with Crippen molar-refractivity contribution >= 4 is 44.6 Å². The van der Waals surface area contributed by atoms with E-state index in [1.54, 1.807) is 0 Å². The number of benzene rings is 2. The molecule has 0 bridgehead atoms. The molecular formula is C17H14ClNOS. The molecule has 1 aromatic heterocycles. The lowest BCUT2D eigenvalue weighted by Crippen LogP contribution is -2.11. The van der Waals surface area contributed by atoms with Crippen molar-refractivity contribution in [2.75, 3.05) is 5.32 Å². The first-order valence-corrected chi connectivity index (χ1v) is 7.82. The zero-order chi connectivity index (χ0) is 15.0. The molecule has 0 aliphatic rings. The number of carbonyl (C=O) groups is 1. The highest BCUT2D eigenvalue weighted by molar-refractivity contribution is 7.21. The summed E-state index contributed by atoms with van der Waals surface area (Å²) in [6.07, 6.45) is 0. The fourth-order valence-electron chi connectivity index (χ4n) is 2.31. The normalized spacial score (nSPS) is 10.8. The Balaban J connectivity index is 2.01. The average Bonchev–Trinajstić information content (AvgIpc) is 2.80. The van der Waals surface area contributed by atoms with Crippen LogP contribution in [-0.2, 0) is 0 Å². The van der Waals surface area contributed by atoms with Gasteiger partial charge in [0.2, 0.25) is 0 Å². The van der Waals surface area contributed by atoms with Gasteiger partial charge in [0.05, 0.1) is 5.02 Å². The largest absolute Gasteiger partial charge is 0.321 e. The zero-order valence-electron chi connectivity index (χ0n) is 11.7. The standard InChI is InChI=1S/C17H14ClNOS/c1-10-6-3-4-8-12(10)19-17(20)16-15(18)14-11(2)7-5-9-13(14)21-16/h3-9H,1-2H3,(H,19,20). The minimum Gasteiger partial charge on any atom is -0.321 e. The summed E-state index contributed by atoms with van der Waals surface area (Å²) in [7, 11) is 0. The first-order chi connectivity index (χ1) is 10.1. The topological polar surface area (TPSA) is 29.1 Å². The second kappa shape index (κ2) is 5.51. The molecule has 0 aliphatic heterocycles. The molecule has 1 heterocycles. The molecule has 2 aromatic carbocycles. The number of fused-ring (bicyclic) bond motifs is 1. The average molecular weight is 316 g/mol. The number of aryl methyl sites for hydroxylation is 2. The van der Waals surface area contributed by atoms with Gasteiger partial charge < -0.3 is 5.32 Å². The van der Waals surface area contributed by atoms with Crippen LogP contribution in [0.25, 0.3) is 10.1 Å². The molecule has 2 nitrogen and oxygen atoms in total. The molecule has 1 N–H and O–H groups in total. The molecule has 0 fully saturated rings. The number of hydrogen-bond donors (Lipinski definition) is 1. The summed E-state index contributed by atoms with van der Waals surface area (Å²) in [5.41, 5.74) is 2.93. The van der Waals surface area contributed by atoms with E-state index < -0.39 is 0 Å². The summed E-state index contributed by atoms with van der Waals surface area (Å²) in [6.45, 7) is 3.97. The Morgan fingerprint density at radius 2 is 1.76 bits per heavy atom. The Morgan fingerprint density at radius 1 is 1.05 bits per heavy atom. The Labute approximate surface area is 132 Å². The smallest absolute Gasteiger partial charge is 0.267 e. The fourth-order valence-corrected chi connectivity index (χ4v) is 3.89. The highest BCUT2D eigenvalue weighted by Crippen LogP contribution is 2.37. The van der Waals surface area contributed by atoms with E-state index in [1.165, 1.54) is 11.3 Å². The third kappa shape index (κ3) is 2.55. The van der Waals surface area contributed by atoms with Gasteiger partial charge in [-0.1, -0.05) is 41.9 Å². The summed E-state index contributed by atoms with van der Waals surface area (Å²) in [5, 5.41) is 4.45. The van der Waals surface area contributed by atoms with Crippen LogP contribution in [0.5, 0.6) is 0 Å². The van der Waals surface area contributed by atoms with Crippen molar-refractivity contribution in [1.82, 2.24) is 0 Å². The summed E-state index contributed by atoms with van der Waals surface area (Å²) in [5.74, 6) is -0.157. The zero-order valence-corrected chi connectivity index (χ0v) is 13.3. The molecule has 3 aromatic rings. The lowest BCUT2D eigenvalue weighted by atomic mass is 10.1. The number of thiophene rings is 1. The lowest BCUT2D eigenvalue weighted by Gasteiger charge is -2.07. The van der Waals surface area contributed by atoms with Crippen LogP contribution in [0.2, 0.25) is 5.02 Å². The number of anilines is 1. The lowest BCUT2D eigenvalue weighted by molar-refractivity contribution is 0.103. The Bertz CT molecular complexity index is 838. The summed E-state index contributed by atoms with van der Waals surface area (Å²) < 4.78 is 1.04. The van der Waals surface area contributed by atoms with E-state index in [0.717, 1.165) is 26.9 Å². The van der Waals surface area contributed by atoms with Gasteiger partial charge in [0.15, 0.2) is 0 Å². The third-order valence-electron chi connectivity index (χ3n) is 3.46. The van der Waals surface area contributed by atoms with Crippen molar-refractivity contribution in [3.8, 4) is 0 Å². The first kappa shape index (κ1) is 14.1. The van der Waals surface area contributed by atoms with Crippen LogP contribution in [0.3, 0.4) is 0 Å². The summed E-state index contributed by atoms with van der Waals surface area (Å²) in [6, 6.07) is 13.7. The second-order valence-corrected chi connectivity index (χ2v) is 6.39. The van der Waals surface area contributed by atoms with Crippen molar-refractivity contribution in [3.05, 3.63) is 63.5 Å². The van der Waals surface area contributed by atoms with Crippen LogP contribution in [0.1, 0.15) is 20.8 Å². The van der Waals surface area contributed by atoms with Crippen LogP contribution in [0.4, 0.5) is 5.69 Å². The van der Waals surface area contributed by atoms with Gasteiger partial charge >= 0.3 is 0 Å². The van der Waals surface area contributed by atoms with E-state index in [9.17, 15) is 4.79 Å². The maximum Gasteiger partial charge on any atom is 0.267 e. The Hall–Kier alpha value is -1.84. The molecule has 106 valence electrons. The molecule has 0 unspecified atom stereocenters. The molecule has 21 heavy (non-hydrogen) atoms. The van der Waals surface area contributed by atoms with Gasteiger partial charge in [-0.3, -0.25) is 4.79 Å². The Kier molecular flexibility index (Phi) is 3.70. The van der Waals surface area contributed by atoms with Crippen molar-refractivity contribution in [2.24, 2.45) is 0 Å². The number of carbonyl (C=O) groups excluding carboxylic acids is 1. The summed E-state index contributed by atoms with van der Waals surface area (Å²) in [4.78, 5) is 13.0. The van der Waals surface area contributed by atoms with Crippen molar-refractivity contribution in [3.63, 3.8) is 0 Å². The van der Waals surface area contributed by atoms with Gasteiger partial charge in [0.25, 0.3) is 5.91 Å². The molecule has 3 rings (SSSR count). The molecule has 1 amide bonds. The molecule has 0 aliphatic carbocycles. The van der Waals surface area contributed by atoms with Gasteiger partial charge in [0.1, 0.15) is 4.88 Å². The van der Waals surface area contributed by atoms with Gasteiger partial charge in [-0.05, 0) is 37.1 Å². The van der Waals surface area contributed by atoms with Crippen LogP contribution in [0, 0.1) is 13.8 Å². The maximum absolute atomic E-state index is 12.5. The molecule has 0 saturated heterocycles. The number of para-hydroxylation sites is 1. The molecule has 0 radical (unpaired) electrons.